The van der Waals surface area contributed by atoms with Crippen LogP contribution in [0.25, 0.3) is 0 Å². The van der Waals surface area contributed by atoms with Gasteiger partial charge in [0.2, 0.25) is 10.0 Å². The third-order valence-corrected chi connectivity index (χ3v) is 6.12. The number of aliphatic hydroxyl groups is 1. The van der Waals surface area contributed by atoms with Gasteiger partial charge in [0.15, 0.2) is 0 Å². The lowest BCUT2D eigenvalue weighted by Crippen LogP contribution is -2.26. The molecule has 6 nitrogen and oxygen atoms in total. The molecule has 0 unspecified atom stereocenters. The lowest BCUT2D eigenvalue weighted by Gasteiger charge is -2.04. The summed E-state index contributed by atoms with van der Waals surface area (Å²) in [6.45, 7) is 1.94. The van der Waals surface area contributed by atoms with Crippen molar-refractivity contribution in [3.63, 3.8) is 0 Å². The van der Waals surface area contributed by atoms with Gasteiger partial charge in [-0.1, -0.05) is 0 Å². The van der Waals surface area contributed by atoms with Crippen molar-refractivity contribution in [2.75, 3.05) is 6.54 Å². The van der Waals surface area contributed by atoms with Crippen LogP contribution in [0.2, 0.25) is 0 Å². The summed E-state index contributed by atoms with van der Waals surface area (Å²) in [5.74, 6) is 0.825. The van der Waals surface area contributed by atoms with Gasteiger partial charge in [0.05, 0.1) is 6.61 Å². The fourth-order valence-electron chi connectivity index (χ4n) is 1.78. The summed E-state index contributed by atoms with van der Waals surface area (Å²) in [7, 11) is -1.65. The molecule has 20 heavy (non-hydrogen) atoms. The van der Waals surface area contributed by atoms with Gasteiger partial charge in [0.25, 0.3) is 0 Å². The van der Waals surface area contributed by atoms with E-state index in [1.807, 2.05) is 17.8 Å². The minimum absolute atomic E-state index is 0.140. The molecule has 0 bridgehead atoms. The third kappa shape index (κ3) is 3.26. The van der Waals surface area contributed by atoms with Crippen LogP contribution >= 0.6 is 11.3 Å². The summed E-state index contributed by atoms with van der Waals surface area (Å²) in [6, 6.07) is 1.58. The maximum Gasteiger partial charge on any atom is 0.250 e. The molecule has 2 aromatic heterocycles. The van der Waals surface area contributed by atoms with Crippen molar-refractivity contribution in [2.45, 2.75) is 24.2 Å². The van der Waals surface area contributed by atoms with Gasteiger partial charge in [-0.2, -0.15) is 0 Å². The summed E-state index contributed by atoms with van der Waals surface area (Å²) < 4.78 is 28.9. The van der Waals surface area contributed by atoms with Gasteiger partial charge >= 0.3 is 0 Å². The second kappa shape index (κ2) is 6.04. The molecule has 0 aliphatic rings. The van der Waals surface area contributed by atoms with Gasteiger partial charge in [-0.3, -0.25) is 0 Å². The van der Waals surface area contributed by atoms with E-state index in [0.29, 0.717) is 17.8 Å². The van der Waals surface area contributed by atoms with Crippen LogP contribution in [0, 0.1) is 6.92 Å². The van der Waals surface area contributed by atoms with E-state index in [-0.39, 0.29) is 10.8 Å². The number of nitrogens with one attached hydrogen (secondary N) is 1. The highest BCUT2D eigenvalue weighted by Crippen LogP contribution is 2.25. The molecule has 0 aromatic carbocycles. The van der Waals surface area contributed by atoms with E-state index in [4.69, 9.17) is 5.11 Å². The maximum atomic E-state index is 12.1. The van der Waals surface area contributed by atoms with Crippen molar-refractivity contribution in [2.24, 2.45) is 7.05 Å². The Hall–Kier alpha value is -1.22. The molecule has 0 aliphatic carbocycles. The smallest absolute Gasteiger partial charge is 0.250 e. The van der Waals surface area contributed by atoms with E-state index >= 15 is 0 Å². The molecule has 0 atom stereocenters. The molecule has 8 heteroatoms. The monoisotopic (exact) mass is 315 g/mol. The van der Waals surface area contributed by atoms with Crippen molar-refractivity contribution in [1.82, 2.24) is 14.3 Å². The van der Waals surface area contributed by atoms with Crippen molar-refractivity contribution >= 4 is 21.4 Å². The molecule has 0 aliphatic heterocycles. The Bertz CT molecular complexity index is 689. The lowest BCUT2D eigenvalue weighted by atomic mass is 10.3. The first-order valence-electron chi connectivity index (χ1n) is 6.10. The topological polar surface area (TPSA) is 84.2 Å². The normalized spacial score (nSPS) is 11.9. The van der Waals surface area contributed by atoms with Crippen LogP contribution < -0.4 is 4.72 Å². The number of sulfonamides is 1. The summed E-state index contributed by atoms with van der Waals surface area (Å²) in [5.41, 5.74) is 0.793. The Kier molecular flexibility index (Phi) is 4.59. The molecular weight excluding hydrogens is 298 g/mol. The van der Waals surface area contributed by atoms with E-state index in [1.54, 1.807) is 19.2 Å². The van der Waals surface area contributed by atoms with Crippen LogP contribution in [0.1, 0.15) is 16.3 Å². The fourth-order valence-corrected chi connectivity index (χ4v) is 4.31. The number of aliphatic hydroxyl groups excluding tert-OH is 1. The fraction of sp³-hybridized carbons (Fsp3) is 0.417. The van der Waals surface area contributed by atoms with Crippen LogP contribution in [-0.4, -0.2) is 29.6 Å². The van der Waals surface area contributed by atoms with Gasteiger partial charge in [0.1, 0.15) is 10.0 Å². The zero-order valence-corrected chi connectivity index (χ0v) is 13.0. The molecule has 2 rings (SSSR count). The van der Waals surface area contributed by atoms with E-state index in [2.05, 4.69) is 9.71 Å². The Labute approximate surface area is 122 Å². The lowest BCUT2D eigenvalue weighted by molar-refractivity contribution is 0.285. The van der Waals surface area contributed by atoms with E-state index in [1.165, 1.54) is 0 Å². The van der Waals surface area contributed by atoms with Crippen molar-refractivity contribution in [1.29, 1.82) is 0 Å². The van der Waals surface area contributed by atoms with E-state index < -0.39 is 10.0 Å². The Morgan fingerprint density at radius 1 is 1.50 bits per heavy atom. The van der Waals surface area contributed by atoms with Gasteiger partial charge < -0.3 is 9.67 Å². The van der Waals surface area contributed by atoms with Crippen LogP contribution in [0.4, 0.5) is 0 Å². The molecule has 2 aromatic rings. The molecule has 2 N–H and O–H groups in total. The van der Waals surface area contributed by atoms with Gasteiger partial charge in [-0.15, -0.1) is 11.3 Å². The summed E-state index contributed by atoms with van der Waals surface area (Å²) >= 11 is 1.10. The number of aryl methyl sites for hydroxylation is 2. The molecule has 0 fully saturated rings. The molecule has 2 heterocycles. The number of hydrogen-bond donors (Lipinski definition) is 2. The number of aromatic nitrogens is 2. The number of thiophene rings is 1. The Balaban J connectivity index is 2.02. The SMILES string of the molecule is Cc1cc(S(=O)(=O)NCCc2nccn2C)sc1CO. The zero-order valence-electron chi connectivity index (χ0n) is 11.3. The molecular formula is C12H17N3O3S2. The Morgan fingerprint density at radius 2 is 2.25 bits per heavy atom. The number of imidazole rings is 1. The van der Waals surface area contributed by atoms with Gasteiger partial charge in [-0.05, 0) is 18.6 Å². The quantitative estimate of drug-likeness (QED) is 0.826. The molecule has 110 valence electrons. The average molecular weight is 315 g/mol. The summed E-state index contributed by atoms with van der Waals surface area (Å²) in [4.78, 5) is 4.81. The Morgan fingerprint density at radius 3 is 2.80 bits per heavy atom. The standard InChI is InChI=1S/C12H17N3O3S2/c1-9-7-12(19-10(9)8-16)20(17,18)14-4-3-11-13-5-6-15(11)2/h5-7,14,16H,3-4,8H2,1-2H3. The van der Waals surface area contributed by atoms with Gasteiger partial charge in [-0.25, -0.2) is 18.1 Å². The first-order chi connectivity index (χ1) is 9.44. The number of rotatable bonds is 6. The molecule has 0 radical (unpaired) electrons. The van der Waals surface area contributed by atoms with E-state index in [9.17, 15) is 8.42 Å². The van der Waals surface area contributed by atoms with Crippen LogP contribution in [0.15, 0.2) is 22.7 Å². The first-order valence-corrected chi connectivity index (χ1v) is 8.40. The predicted octanol–water partition coefficient (Wildman–Crippen LogP) is 0.803. The first kappa shape index (κ1) is 15.2. The molecule has 0 spiro atoms. The zero-order chi connectivity index (χ0) is 14.8. The van der Waals surface area contributed by atoms with Crippen molar-refractivity contribution in [3.8, 4) is 0 Å². The van der Waals surface area contributed by atoms with Crippen molar-refractivity contribution < 1.29 is 13.5 Å². The largest absolute Gasteiger partial charge is 0.391 e. The highest BCUT2D eigenvalue weighted by atomic mass is 32.2. The maximum absolute atomic E-state index is 12.1. The van der Waals surface area contributed by atoms with Gasteiger partial charge in [0, 0.05) is 37.3 Å². The van der Waals surface area contributed by atoms with Crippen molar-refractivity contribution in [3.05, 3.63) is 34.7 Å². The summed E-state index contributed by atoms with van der Waals surface area (Å²) in [6.07, 6.45) is 4.03. The summed E-state index contributed by atoms with van der Waals surface area (Å²) in [5, 5.41) is 9.11. The molecule has 0 saturated heterocycles. The number of hydrogen-bond acceptors (Lipinski definition) is 5. The highest BCUT2D eigenvalue weighted by Gasteiger charge is 2.18. The average Bonchev–Trinajstić information content (AvgIpc) is 2.96. The number of nitrogens with zero attached hydrogens (tertiary/aromatic N) is 2. The van der Waals surface area contributed by atoms with Crippen LogP contribution in [0.5, 0.6) is 0 Å². The van der Waals surface area contributed by atoms with Crippen LogP contribution in [0.3, 0.4) is 0 Å². The minimum Gasteiger partial charge on any atom is -0.391 e. The highest BCUT2D eigenvalue weighted by molar-refractivity contribution is 7.91. The predicted molar refractivity (Wildman–Crippen MR) is 77.1 cm³/mol. The van der Waals surface area contributed by atoms with Crippen LogP contribution in [-0.2, 0) is 30.1 Å². The molecule has 0 saturated carbocycles. The second-order valence-corrected chi connectivity index (χ2v) is 7.56. The second-order valence-electron chi connectivity index (χ2n) is 4.43. The third-order valence-electron chi connectivity index (χ3n) is 2.97. The molecule has 0 amide bonds. The minimum atomic E-state index is -3.52. The van der Waals surface area contributed by atoms with E-state index in [0.717, 1.165) is 22.7 Å².